The number of nitrogens with one attached hydrogen (secondary N) is 1. The minimum atomic E-state index is -3.60. The molecular weight excluding hydrogens is 442 g/mol. The molecule has 10 heteroatoms. The summed E-state index contributed by atoms with van der Waals surface area (Å²) >= 11 is 0. The van der Waals surface area contributed by atoms with Gasteiger partial charge in [-0.15, -0.1) is 0 Å². The van der Waals surface area contributed by atoms with Crippen molar-refractivity contribution in [3.8, 4) is 11.5 Å². The van der Waals surface area contributed by atoms with Crippen molar-refractivity contribution in [2.75, 3.05) is 20.2 Å². The van der Waals surface area contributed by atoms with Crippen LogP contribution in [0.1, 0.15) is 18.4 Å². The summed E-state index contributed by atoms with van der Waals surface area (Å²) in [6.45, 7) is -2.14. The van der Waals surface area contributed by atoms with E-state index in [1.807, 2.05) is 0 Å². The summed E-state index contributed by atoms with van der Waals surface area (Å²) in [6.07, 6.45) is 3.94. The van der Waals surface area contributed by atoms with Crippen LogP contribution in [0, 0.1) is 0 Å². The number of ether oxygens (including phenoxy) is 2. The van der Waals surface area contributed by atoms with Gasteiger partial charge in [-0.25, -0.2) is 13.1 Å². The monoisotopic (exact) mass is 466 g/mol. The average Bonchev–Trinajstić information content (AvgIpc) is 2.78. The molecule has 0 spiro atoms. The summed E-state index contributed by atoms with van der Waals surface area (Å²) in [6, 6.07) is 12.3. The Morgan fingerprint density at radius 3 is 2.44 bits per heavy atom. The second-order valence-corrected chi connectivity index (χ2v) is 8.87. The Kier molecular flexibility index (Phi) is 7.81. The van der Waals surface area contributed by atoms with Crippen LogP contribution in [0.2, 0.25) is 0 Å². The molecule has 7 nitrogen and oxygen atoms in total. The molecule has 172 valence electrons. The number of carbonyl (C=O) groups excluding carboxylic acids is 1. The SMILES string of the molecule is COc1cc(/C=C/C(=O)N2CCC(NS(=O)(=O)c3ccccc3)CC2)ccc1OC(F)F. The third kappa shape index (κ3) is 6.27. The lowest BCUT2D eigenvalue weighted by atomic mass is 10.1. The number of methoxy groups -OCH3 is 1. The number of halogens is 2. The minimum Gasteiger partial charge on any atom is -0.493 e. The first-order valence-electron chi connectivity index (χ1n) is 9.95. The third-order valence-electron chi connectivity index (χ3n) is 5.00. The third-order valence-corrected chi connectivity index (χ3v) is 6.54. The van der Waals surface area contributed by atoms with E-state index in [0.29, 0.717) is 31.5 Å². The zero-order valence-corrected chi connectivity index (χ0v) is 18.2. The summed E-state index contributed by atoms with van der Waals surface area (Å²) < 4.78 is 61.9. The second kappa shape index (κ2) is 10.6. The second-order valence-electron chi connectivity index (χ2n) is 7.16. The molecule has 1 aliphatic heterocycles. The maximum absolute atomic E-state index is 12.5. The Morgan fingerprint density at radius 1 is 1.12 bits per heavy atom. The van der Waals surface area contributed by atoms with E-state index in [4.69, 9.17) is 4.74 Å². The number of benzene rings is 2. The zero-order chi connectivity index (χ0) is 23.1. The first-order chi connectivity index (χ1) is 15.3. The minimum absolute atomic E-state index is 0.0917. The van der Waals surface area contributed by atoms with Crippen LogP contribution in [0.4, 0.5) is 8.78 Å². The van der Waals surface area contributed by atoms with Crippen LogP contribution in [-0.4, -0.2) is 52.1 Å². The van der Waals surface area contributed by atoms with Gasteiger partial charge in [-0.05, 0) is 48.7 Å². The normalized spacial score (nSPS) is 15.3. The molecule has 1 heterocycles. The van der Waals surface area contributed by atoms with Gasteiger partial charge in [0.25, 0.3) is 0 Å². The van der Waals surface area contributed by atoms with Gasteiger partial charge in [-0.2, -0.15) is 8.78 Å². The number of hydrogen-bond donors (Lipinski definition) is 1. The molecule has 32 heavy (non-hydrogen) atoms. The van der Waals surface area contributed by atoms with Crippen LogP contribution < -0.4 is 14.2 Å². The van der Waals surface area contributed by atoms with Gasteiger partial charge in [0.2, 0.25) is 15.9 Å². The predicted molar refractivity (Wildman–Crippen MR) is 115 cm³/mol. The van der Waals surface area contributed by atoms with Gasteiger partial charge < -0.3 is 14.4 Å². The highest BCUT2D eigenvalue weighted by atomic mass is 32.2. The molecule has 0 radical (unpaired) electrons. The number of carbonyl (C=O) groups is 1. The van der Waals surface area contributed by atoms with Crippen molar-refractivity contribution >= 4 is 22.0 Å². The molecule has 3 rings (SSSR count). The molecule has 2 aromatic rings. The van der Waals surface area contributed by atoms with E-state index < -0.39 is 16.6 Å². The van der Waals surface area contributed by atoms with E-state index in [9.17, 15) is 22.0 Å². The summed E-state index contributed by atoms with van der Waals surface area (Å²) in [7, 11) is -2.26. The predicted octanol–water partition coefficient (Wildman–Crippen LogP) is 3.28. The lowest BCUT2D eigenvalue weighted by Gasteiger charge is -2.31. The van der Waals surface area contributed by atoms with Crippen LogP contribution in [0.15, 0.2) is 59.5 Å². The molecule has 0 saturated carbocycles. The largest absolute Gasteiger partial charge is 0.493 e. The summed E-state index contributed by atoms with van der Waals surface area (Å²) in [5, 5.41) is 0. The first kappa shape index (κ1) is 23.7. The molecule has 1 fully saturated rings. The van der Waals surface area contributed by atoms with Crippen LogP contribution >= 0.6 is 0 Å². The summed E-state index contributed by atoms with van der Waals surface area (Å²) in [4.78, 5) is 14.3. The number of amides is 1. The van der Waals surface area contributed by atoms with Crippen molar-refractivity contribution < 1.29 is 31.5 Å². The topological polar surface area (TPSA) is 84.9 Å². The quantitative estimate of drug-likeness (QED) is 0.604. The van der Waals surface area contributed by atoms with Crippen molar-refractivity contribution in [1.82, 2.24) is 9.62 Å². The molecule has 0 aliphatic carbocycles. The first-order valence-corrected chi connectivity index (χ1v) is 11.4. The molecular formula is C22H24F2N2O5S. The lowest BCUT2D eigenvalue weighted by Crippen LogP contribution is -2.46. The highest BCUT2D eigenvalue weighted by Gasteiger charge is 2.26. The molecule has 2 aromatic carbocycles. The number of likely N-dealkylation sites (tertiary alicyclic amines) is 1. The highest BCUT2D eigenvalue weighted by molar-refractivity contribution is 7.89. The fourth-order valence-electron chi connectivity index (χ4n) is 3.36. The standard InChI is InChI=1S/C22H24F2N2O5S/c1-30-20-15-16(7-9-19(20)31-22(23)24)8-10-21(27)26-13-11-17(12-14-26)25-32(28,29)18-5-3-2-4-6-18/h2-10,15,17,22,25H,11-14H2,1H3/b10-8+. The fourth-order valence-corrected chi connectivity index (χ4v) is 4.68. The van der Waals surface area contributed by atoms with Gasteiger partial charge in [-0.3, -0.25) is 4.79 Å². The van der Waals surface area contributed by atoms with Crippen molar-refractivity contribution in [2.24, 2.45) is 0 Å². The molecule has 1 aliphatic rings. The molecule has 1 N–H and O–H groups in total. The average molecular weight is 467 g/mol. The van der Waals surface area contributed by atoms with Crippen molar-refractivity contribution in [2.45, 2.75) is 30.4 Å². The van der Waals surface area contributed by atoms with E-state index in [2.05, 4.69) is 9.46 Å². The molecule has 0 atom stereocenters. The van der Waals surface area contributed by atoms with Gasteiger partial charge in [0.15, 0.2) is 11.5 Å². The van der Waals surface area contributed by atoms with E-state index in [1.165, 1.54) is 43.5 Å². The Bertz CT molecular complexity index is 1050. The van der Waals surface area contributed by atoms with Crippen molar-refractivity contribution in [1.29, 1.82) is 0 Å². The Morgan fingerprint density at radius 2 is 1.81 bits per heavy atom. The Labute approximate surface area is 185 Å². The van der Waals surface area contributed by atoms with E-state index in [-0.39, 0.29) is 28.3 Å². The van der Waals surface area contributed by atoms with Gasteiger partial charge >= 0.3 is 6.61 Å². The van der Waals surface area contributed by atoms with Gasteiger partial charge in [0.05, 0.1) is 12.0 Å². The van der Waals surface area contributed by atoms with Crippen molar-refractivity contribution in [3.05, 3.63) is 60.2 Å². The highest BCUT2D eigenvalue weighted by Crippen LogP contribution is 2.30. The number of alkyl halides is 2. The van der Waals surface area contributed by atoms with Crippen LogP contribution in [0.25, 0.3) is 6.08 Å². The fraction of sp³-hybridized carbons (Fsp3) is 0.318. The molecule has 1 amide bonds. The number of piperidine rings is 1. The number of hydrogen-bond acceptors (Lipinski definition) is 5. The summed E-state index contributed by atoms with van der Waals surface area (Å²) in [5.74, 6) is -0.182. The van der Waals surface area contributed by atoms with Crippen LogP contribution in [-0.2, 0) is 14.8 Å². The van der Waals surface area contributed by atoms with Gasteiger partial charge in [0.1, 0.15) is 0 Å². The molecule has 0 aromatic heterocycles. The molecule has 1 saturated heterocycles. The zero-order valence-electron chi connectivity index (χ0n) is 17.4. The van der Waals surface area contributed by atoms with Crippen LogP contribution in [0.5, 0.6) is 11.5 Å². The molecule has 0 unspecified atom stereocenters. The Hall–Kier alpha value is -2.98. The molecule has 0 bridgehead atoms. The maximum Gasteiger partial charge on any atom is 0.387 e. The van der Waals surface area contributed by atoms with Gasteiger partial charge in [0, 0.05) is 25.2 Å². The van der Waals surface area contributed by atoms with Gasteiger partial charge in [-0.1, -0.05) is 24.3 Å². The number of nitrogens with zero attached hydrogens (tertiary/aromatic N) is 1. The Balaban J connectivity index is 1.55. The van der Waals surface area contributed by atoms with E-state index in [0.717, 1.165) is 0 Å². The van der Waals surface area contributed by atoms with E-state index in [1.54, 1.807) is 29.2 Å². The van der Waals surface area contributed by atoms with Crippen LogP contribution in [0.3, 0.4) is 0 Å². The summed E-state index contributed by atoms with van der Waals surface area (Å²) in [5.41, 5.74) is 0.585. The van der Waals surface area contributed by atoms with E-state index >= 15 is 0 Å². The number of rotatable bonds is 8. The number of sulfonamides is 1. The maximum atomic E-state index is 12.5. The smallest absolute Gasteiger partial charge is 0.387 e. The van der Waals surface area contributed by atoms with Crippen molar-refractivity contribution in [3.63, 3.8) is 0 Å². The lowest BCUT2D eigenvalue weighted by molar-refractivity contribution is -0.126.